The molecule has 0 radical (unpaired) electrons. The number of amides is 1. The Balaban J connectivity index is 1.61. The van der Waals surface area contributed by atoms with Crippen LogP contribution in [0.25, 0.3) is 0 Å². The van der Waals surface area contributed by atoms with Gasteiger partial charge in [0.1, 0.15) is 18.2 Å². The number of benzene rings is 3. The van der Waals surface area contributed by atoms with Crippen LogP contribution >= 0.6 is 0 Å². The molecule has 0 aliphatic carbocycles. The molecular weight excluding hydrogens is 345 g/mol. The molecule has 136 valence electrons. The minimum absolute atomic E-state index is 0.205. The minimum Gasteiger partial charge on any atom is -0.492 e. The van der Waals surface area contributed by atoms with Gasteiger partial charge in [-0.05, 0) is 30.3 Å². The van der Waals surface area contributed by atoms with Gasteiger partial charge in [0, 0.05) is 11.1 Å². The molecule has 0 bridgehead atoms. The lowest BCUT2D eigenvalue weighted by molar-refractivity contribution is 0.0936. The molecular formula is C22H18FNO3. The third-order valence-electron chi connectivity index (χ3n) is 3.92. The first-order chi connectivity index (χ1) is 13.1. The van der Waals surface area contributed by atoms with E-state index in [0.717, 1.165) is 0 Å². The number of hydrogen-bond acceptors (Lipinski definition) is 3. The molecule has 1 N–H and O–H groups in total. The van der Waals surface area contributed by atoms with Crippen LogP contribution in [0.5, 0.6) is 5.75 Å². The lowest BCUT2D eigenvalue weighted by Crippen LogP contribution is -2.29. The maximum absolute atomic E-state index is 12.9. The molecule has 1 amide bonds. The van der Waals surface area contributed by atoms with Gasteiger partial charge in [0.15, 0.2) is 5.78 Å². The molecule has 0 spiro atoms. The molecule has 3 aromatic rings. The number of halogens is 1. The van der Waals surface area contributed by atoms with Gasteiger partial charge in [-0.3, -0.25) is 9.59 Å². The van der Waals surface area contributed by atoms with E-state index >= 15 is 0 Å². The zero-order chi connectivity index (χ0) is 19.1. The summed E-state index contributed by atoms with van der Waals surface area (Å²) in [6, 6.07) is 21.2. The smallest absolute Gasteiger partial charge is 0.252 e. The molecule has 4 nitrogen and oxygen atoms in total. The Morgan fingerprint density at radius 3 is 2.15 bits per heavy atom. The largest absolute Gasteiger partial charge is 0.492 e. The van der Waals surface area contributed by atoms with Gasteiger partial charge in [0.25, 0.3) is 5.91 Å². The SMILES string of the molecule is O=C(NCCOc1ccc(F)cc1)c1ccccc1C(=O)c1ccccc1. The van der Waals surface area contributed by atoms with E-state index in [1.165, 1.54) is 24.3 Å². The van der Waals surface area contributed by atoms with E-state index in [1.807, 2.05) is 6.07 Å². The van der Waals surface area contributed by atoms with Crippen molar-refractivity contribution >= 4 is 11.7 Å². The molecule has 0 saturated heterocycles. The average molecular weight is 363 g/mol. The molecule has 0 unspecified atom stereocenters. The second-order valence-electron chi connectivity index (χ2n) is 5.80. The van der Waals surface area contributed by atoms with Crippen LogP contribution in [0.1, 0.15) is 26.3 Å². The summed E-state index contributed by atoms with van der Waals surface area (Å²) < 4.78 is 18.3. The van der Waals surface area contributed by atoms with Crippen molar-refractivity contribution in [3.05, 3.63) is 101 Å². The highest BCUT2D eigenvalue weighted by Crippen LogP contribution is 2.15. The van der Waals surface area contributed by atoms with E-state index in [-0.39, 0.29) is 30.7 Å². The third-order valence-corrected chi connectivity index (χ3v) is 3.92. The Bertz CT molecular complexity index is 924. The van der Waals surface area contributed by atoms with Crippen LogP contribution in [-0.4, -0.2) is 24.8 Å². The number of nitrogens with one attached hydrogen (secondary N) is 1. The maximum atomic E-state index is 12.9. The van der Waals surface area contributed by atoms with Gasteiger partial charge in [-0.2, -0.15) is 0 Å². The predicted molar refractivity (Wildman–Crippen MR) is 101 cm³/mol. The zero-order valence-corrected chi connectivity index (χ0v) is 14.5. The number of hydrogen-bond donors (Lipinski definition) is 1. The summed E-state index contributed by atoms with van der Waals surface area (Å²) in [6.07, 6.45) is 0. The Kier molecular flexibility index (Phi) is 5.94. The highest BCUT2D eigenvalue weighted by molar-refractivity contribution is 6.15. The Labute approximate surface area is 156 Å². The Morgan fingerprint density at radius 2 is 1.44 bits per heavy atom. The summed E-state index contributed by atoms with van der Waals surface area (Å²) in [6.45, 7) is 0.482. The van der Waals surface area contributed by atoms with Gasteiger partial charge < -0.3 is 10.1 Å². The average Bonchev–Trinajstić information content (AvgIpc) is 2.72. The van der Waals surface area contributed by atoms with Gasteiger partial charge in [-0.1, -0.05) is 48.5 Å². The van der Waals surface area contributed by atoms with E-state index < -0.39 is 0 Å². The number of rotatable bonds is 7. The van der Waals surface area contributed by atoms with Gasteiger partial charge in [0.2, 0.25) is 0 Å². The molecule has 0 saturated carbocycles. The van der Waals surface area contributed by atoms with Crippen molar-refractivity contribution in [3.8, 4) is 5.75 Å². The fourth-order valence-corrected chi connectivity index (χ4v) is 2.58. The fourth-order valence-electron chi connectivity index (χ4n) is 2.58. The highest BCUT2D eigenvalue weighted by Gasteiger charge is 2.17. The number of carbonyl (C=O) groups excluding carboxylic acids is 2. The summed E-state index contributed by atoms with van der Waals surface area (Å²) in [7, 11) is 0. The summed E-state index contributed by atoms with van der Waals surface area (Å²) >= 11 is 0. The van der Waals surface area contributed by atoms with Crippen LogP contribution in [-0.2, 0) is 0 Å². The second-order valence-corrected chi connectivity index (χ2v) is 5.80. The quantitative estimate of drug-likeness (QED) is 0.512. The molecule has 5 heteroatoms. The number of ketones is 1. The molecule has 0 aliphatic heterocycles. The predicted octanol–water partition coefficient (Wildman–Crippen LogP) is 3.87. The lowest BCUT2D eigenvalue weighted by atomic mass is 9.98. The van der Waals surface area contributed by atoms with Crippen molar-refractivity contribution in [2.75, 3.05) is 13.2 Å². The zero-order valence-electron chi connectivity index (χ0n) is 14.5. The Morgan fingerprint density at radius 1 is 0.815 bits per heavy atom. The second kappa shape index (κ2) is 8.76. The van der Waals surface area contributed by atoms with Crippen molar-refractivity contribution in [1.82, 2.24) is 5.32 Å². The summed E-state index contributed by atoms with van der Waals surface area (Å²) in [5.41, 5.74) is 1.19. The highest BCUT2D eigenvalue weighted by atomic mass is 19.1. The molecule has 0 atom stereocenters. The Hall–Kier alpha value is -3.47. The first-order valence-electron chi connectivity index (χ1n) is 8.50. The van der Waals surface area contributed by atoms with E-state index in [4.69, 9.17) is 4.74 Å². The van der Waals surface area contributed by atoms with Crippen LogP contribution in [0.15, 0.2) is 78.9 Å². The fraction of sp³-hybridized carbons (Fsp3) is 0.0909. The van der Waals surface area contributed by atoms with Crippen LogP contribution < -0.4 is 10.1 Å². The van der Waals surface area contributed by atoms with Gasteiger partial charge in [-0.25, -0.2) is 4.39 Å². The third kappa shape index (κ3) is 4.79. The van der Waals surface area contributed by atoms with Crippen LogP contribution in [0.2, 0.25) is 0 Å². The number of ether oxygens (including phenoxy) is 1. The summed E-state index contributed by atoms with van der Waals surface area (Å²) in [5, 5.41) is 2.74. The van der Waals surface area contributed by atoms with Crippen molar-refractivity contribution in [2.24, 2.45) is 0 Å². The molecule has 0 fully saturated rings. The molecule has 0 aliphatic rings. The van der Waals surface area contributed by atoms with Crippen molar-refractivity contribution in [2.45, 2.75) is 0 Å². The molecule has 27 heavy (non-hydrogen) atoms. The van der Waals surface area contributed by atoms with Crippen molar-refractivity contribution in [1.29, 1.82) is 0 Å². The van der Waals surface area contributed by atoms with Crippen molar-refractivity contribution < 1.29 is 18.7 Å². The monoisotopic (exact) mass is 363 g/mol. The van der Waals surface area contributed by atoms with Crippen molar-refractivity contribution in [3.63, 3.8) is 0 Å². The number of carbonyl (C=O) groups is 2. The standard InChI is InChI=1S/C22H18FNO3/c23-17-10-12-18(13-11-17)27-15-14-24-22(26)20-9-5-4-8-19(20)21(25)16-6-2-1-3-7-16/h1-13H,14-15H2,(H,24,26). The molecule has 3 rings (SSSR count). The van der Waals surface area contributed by atoms with E-state index in [9.17, 15) is 14.0 Å². The topological polar surface area (TPSA) is 55.4 Å². The first kappa shape index (κ1) is 18.3. The summed E-state index contributed by atoms with van der Waals surface area (Å²) in [5.74, 6) is -0.373. The van der Waals surface area contributed by atoms with Crippen LogP contribution in [0.4, 0.5) is 4.39 Å². The van der Waals surface area contributed by atoms with E-state index in [0.29, 0.717) is 22.4 Å². The first-order valence-corrected chi connectivity index (χ1v) is 8.50. The molecule has 0 aromatic heterocycles. The van der Waals surface area contributed by atoms with Gasteiger partial charge >= 0.3 is 0 Å². The van der Waals surface area contributed by atoms with E-state index in [2.05, 4.69) is 5.32 Å². The minimum atomic E-state index is -0.349. The molecule has 3 aromatic carbocycles. The van der Waals surface area contributed by atoms with Crippen LogP contribution in [0.3, 0.4) is 0 Å². The van der Waals surface area contributed by atoms with Gasteiger partial charge in [-0.15, -0.1) is 0 Å². The van der Waals surface area contributed by atoms with E-state index in [1.54, 1.807) is 48.5 Å². The summed E-state index contributed by atoms with van der Waals surface area (Å²) in [4.78, 5) is 25.2. The van der Waals surface area contributed by atoms with Gasteiger partial charge in [0.05, 0.1) is 12.1 Å². The molecule has 0 heterocycles. The van der Waals surface area contributed by atoms with Crippen LogP contribution in [0, 0.1) is 5.82 Å². The maximum Gasteiger partial charge on any atom is 0.252 e. The normalized spacial score (nSPS) is 10.3. The lowest BCUT2D eigenvalue weighted by Gasteiger charge is -2.10.